The van der Waals surface area contributed by atoms with Crippen molar-refractivity contribution in [3.8, 4) is 11.5 Å². The summed E-state index contributed by atoms with van der Waals surface area (Å²) in [5.74, 6) is 0.0487. The quantitative estimate of drug-likeness (QED) is 0.229. The maximum atomic E-state index is 12.7. The summed E-state index contributed by atoms with van der Waals surface area (Å²) >= 11 is 6.92. The summed E-state index contributed by atoms with van der Waals surface area (Å²) in [5, 5.41) is 0.104. The number of carbonyl (C=O) groups excluding carboxylic acids is 3. The topological polar surface area (TPSA) is 72.9 Å². The molecule has 1 fully saturated rings. The molecule has 4 rings (SSSR count). The van der Waals surface area contributed by atoms with Gasteiger partial charge >= 0.3 is 5.97 Å². The predicted molar refractivity (Wildman–Crippen MR) is 132 cm³/mol. The van der Waals surface area contributed by atoms with Crippen molar-refractivity contribution >= 4 is 46.6 Å². The molecule has 3 aromatic carbocycles. The second kappa shape index (κ2) is 10.6. The number of ether oxygens (including phenoxy) is 2. The van der Waals surface area contributed by atoms with Gasteiger partial charge in [0.05, 0.1) is 22.0 Å². The second-order valence-corrected chi connectivity index (χ2v) is 8.84. The number of esters is 1. The molecule has 3 aromatic rings. The van der Waals surface area contributed by atoms with Crippen LogP contribution in [0.15, 0.2) is 77.7 Å². The van der Waals surface area contributed by atoms with Crippen molar-refractivity contribution in [3.05, 3.63) is 99.4 Å². The smallest absolute Gasteiger partial charge is 0.343 e. The van der Waals surface area contributed by atoms with Gasteiger partial charge in [0.25, 0.3) is 11.1 Å². The summed E-state index contributed by atoms with van der Waals surface area (Å²) < 4.78 is 11.0. The highest BCUT2D eigenvalue weighted by Crippen LogP contribution is 2.32. The number of amides is 2. The summed E-state index contributed by atoms with van der Waals surface area (Å²) in [5.41, 5.74) is 2.14. The lowest BCUT2D eigenvalue weighted by molar-refractivity contribution is -0.123. The van der Waals surface area contributed by atoms with Gasteiger partial charge in [0, 0.05) is 0 Å². The molecular formula is C26H20ClNO5S. The van der Waals surface area contributed by atoms with E-state index in [9.17, 15) is 14.4 Å². The van der Waals surface area contributed by atoms with E-state index in [4.69, 9.17) is 21.1 Å². The van der Waals surface area contributed by atoms with E-state index in [2.05, 4.69) is 0 Å². The minimum absolute atomic E-state index is 0.112. The van der Waals surface area contributed by atoms with Crippen LogP contribution in [0.25, 0.3) is 6.08 Å². The van der Waals surface area contributed by atoms with Gasteiger partial charge in [-0.1, -0.05) is 53.6 Å². The molecule has 0 saturated carbocycles. The lowest BCUT2D eigenvalue weighted by atomic mass is 10.1. The van der Waals surface area contributed by atoms with Crippen LogP contribution >= 0.6 is 23.4 Å². The monoisotopic (exact) mass is 493 g/mol. The van der Waals surface area contributed by atoms with Crippen molar-refractivity contribution < 1.29 is 23.9 Å². The number of imide groups is 1. The maximum Gasteiger partial charge on any atom is 0.343 e. The minimum Gasteiger partial charge on any atom is -0.490 e. The van der Waals surface area contributed by atoms with Gasteiger partial charge in [0.2, 0.25) is 0 Å². The molecule has 0 radical (unpaired) electrons. The summed E-state index contributed by atoms with van der Waals surface area (Å²) in [6.07, 6.45) is 1.63. The Hall–Kier alpha value is -3.55. The van der Waals surface area contributed by atoms with Crippen molar-refractivity contribution in [2.24, 2.45) is 0 Å². The van der Waals surface area contributed by atoms with Crippen LogP contribution < -0.4 is 9.47 Å². The molecule has 0 aromatic heterocycles. The van der Waals surface area contributed by atoms with Crippen LogP contribution in [0.1, 0.15) is 21.5 Å². The molecule has 2 amide bonds. The Balaban J connectivity index is 1.36. The summed E-state index contributed by atoms with van der Waals surface area (Å²) in [7, 11) is 0. The molecule has 1 saturated heterocycles. The zero-order valence-electron chi connectivity index (χ0n) is 18.2. The van der Waals surface area contributed by atoms with E-state index in [0.29, 0.717) is 32.6 Å². The van der Waals surface area contributed by atoms with Gasteiger partial charge in [-0.15, -0.1) is 0 Å². The Morgan fingerprint density at radius 3 is 2.53 bits per heavy atom. The molecule has 0 spiro atoms. The lowest BCUT2D eigenvalue weighted by Crippen LogP contribution is -2.32. The highest BCUT2D eigenvalue weighted by molar-refractivity contribution is 8.18. The van der Waals surface area contributed by atoms with E-state index in [1.807, 2.05) is 13.0 Å². The number of carbonyl (C=O) groups is 3. The van der Waals surface area contributed by atoms with Crippen LogP contribution in [0.4, 0.5) is 4.79 Å². The van der Waals surface area contributed by atoms with E-state index in [1.165, 1.54) is 0 Å². The Morgan fingerprint density at radius 2 is 1.79 bits per heavy atom. The van der Waals surface area contributed by atoms with Crippen LogP contribution in [0.2, 0.25) is 5.02 Å². The molecule has 8 heteroatoms. The number of aryl methyl sites for hydroxylation is 1. The third kappa shape index (κ3) is 5.68. The first-order valence-electron chi connectivity index (χ1n) is 10.4. The number of para-hydroxylation sites is 1. The molecule has 0 atom stereocenters. The van der Waals surface area contributed by atoms with E-state index in [0.717, 1.165) is 22.2 Å². The van der Waals surface area contributed by atoms with Gasteiger partial charge < -0.3 is 9.47 Å². The van der Waals surface area contributed by atoms with Gasteiger partial charge in [0.1, 0.15) is 18.1 Å². The van der Waals surface area contributed by atoms with Crippen molar-refractivity contribution in [2.75, 3.05) is 13.2 Å². The summed E-state index contributed by atoms with van der Waals surface area (Å²) in [6.45, 7) is 2.15. The Morgan fingerprint density at radius 1 is 1.03 bits per heavy atom. The number of hydrogen-bond acceptors (Lipinski definition) is 6. The molecule has 172 valence electrons. The van der Waals surface area contributed by atoms with Crippen LogP contribution in [0.5, 0.6) is 11.5 Å². The number of hydrogen-bond donors (Lipinski definition) is 0. The summed E-state index contributed by atoms with van der Waals surface area (Å²) in [4.78, 5) is 38.8. The third-order valence-electron chi connectivity index (χ3n) is 4.92. The molecule has 0 unspecified atom stereocenters. The molecule has 0 aliphatic carbocycles. The summed E-state index contributed by atoms with van der Waals surface area (Å²) in [6, 6.07) is 20.9. The van der Waals surface area contributed by atoms with Crippen LogP contribution in [-0.4, -0.2) is 35.2 Å². The minimum atomic E-state index is -0.448. The van der Waals surface area contributed by atoms with E-state index < -0.39 is 5.97 Å². The normalized spacial score (nSPS) is 14.5. The fraction of sp³-hybridized carbons (Fsp3) is 0.115. The molecule has 34 heavy (non-hydrogen) atoms. The Kier molecular flexibility index (Phi) is 7.35. The molecular weight excluding hydrogens is 474 g/mol. The largest absolute Gasteiger partial charge is 0.490 e. The molecule has 0 N–H and O–H groups in total. The van der Waals surface area contributed by atoms with Crippen molar-refractivity contribution in [3.63, 3.8) is 0 Å². The van der Waals surface area contributed by atoms with Gasteiger partial charge in [-0.25, -0.2) is 4.79 Å². The van der Waals surface area contributed by atoms with E-state index in [1.54, 1.807) is 72.8 Å². The van der Waals surface area contributed by atoms with E-state index in [-0.39, 0.29) is 24.3 Å². The molecule has 0 bridgehead atoms. The van der Waals surface area contributed by atoms with Gasteiger partial charge in [-0.05, 0) is 66.7 Å². The predicted octanol–water partition coefficient (Wildman–Crippen LogP) is 5.98. The molecule has 1 heterocycles. The Labute approximate surface area is 206 Å². The highest BCUT2D eigenvalue weighted by Gasteiger charge is 2.34. The van der Waals surface area contributed by atoms with E-state index >= 15 is 0 Å². The number of nitrogens with zero attached hydrogens (tertiary/aromatic N) is 1. The first kappa shape index (κ1) is 23.6. The van der Waals surface area contributed by atoms with Crippen molar-refractivity contribution in [1.29, 1.82) is 0 Å². The zero-order valence-corrected chi connectivity index (χ0v) is 19.8. The number of benzene rings is 3. The average Bonchev–Trinajstić information content (AvgIpc) is 3.09. The third-order valence-corrected chi connectivity index (χ3v) is 6.14. The molecule has 1 aliphatic rings. The molecule has 1 aliphatic heterocycles. The first-order chi connectivity index (χ1) is 16.4. The standard InChI is InChI=1S/C26H20ClNO5S/c1-17-5-4-6-19(15-17)25(30)33-20-11-9-18(10-12-20)16-23-24(29)28(26(31)34-23)13-14-32-22-8-3-2-7-21(22)27/h2-12,15-16H,13-14H2,1H3/b23-16-. The number of thioether (sulfide) groups is 1. The van der Waals surface area contributed by atoms with Gasteiger partial charge in [-0.3, -0.25) is 14.5 Å². The fourth-order valence-electron chi connectivity index (χ4n) is 3.22. The Bertz CT molecular complexity index is 1270. The van der Waals surface area contributed by atoms with Crippen LogP contribution in [-0.2, 0) is 4.79 Å². The van der Waals surface area contributed by atoms with Crippen LogP contribution in [0, 0.1) is 6.92 Å². The highest BCUT2D eigenvalue weighted by atomic mass is 35.5. The lowest BCUT2D eigenvalue weighted by Gasteiger charge is -2.13. The van der Waals surface area contributed by atoms with Crippen LogP contribution in [0.3, 0.4) is 0 Å². The maximum absolute atomic E-state index is 12.7. The van der Waals surface area contributed by atoms with Gasteiger partial charge in [-0.2, -0.15) is 0 Å². The number of halogens is 1. The zero-order chi connectivity index (χ0) is 24.1. The average molecular weight is 494 g/mol. The first-order valence-corrected chi connectivity index (χ1v) is 11.6. The second-order valence-electron chi connectivity index (χ2n) is 7.44. The van der Waals surface area contributed by atoms with Crippen molar-refractivity contribution in [1.82, 2.24) is 4.90 Å². The fourth-order valence-corrected chi connectivity index (χ4v) is 4.28. The van der Waals surface area contributed by atoms with Gasteiger partial charge in [0.15, 0.2) is 0 Å². The SMILES string of the molecule is Cc1cccc(C(=O)Oc2ccc(/C=C3\SC(=O)N(CCOc4ccccc4Cl)C3=O)cc2)c1. The van der Waals surface area contributed by atoms with Crippen molar-refractivity contribution in [2.45, 2.75) is 6.92 Å². The molecule has 6 nitrogen and oxygen atoms in total. The number of rotatable bonds is 7.